The fourth-order valence-corrected chi connectivity index (χ4v) is 3.24. The maximum atomic E-state index is 8.11. The zero-order valence-corrected chi connectivity index (χ0v) is 8.84. The second-order valence-corrected chi connectivity index (χ2v) is 5.46. The molecule has 78 valence electrons. The van der Waals surface area contributed by atoms with Gasteiger partial charge in [0.15, 0.2) is 0 Å². The molecule has 1 heterocycles. The summed E-state index contributed by atoms with van der Waals surface area (Å²) in [6.45, 7) is 2.40. The molecule has 0 aromatic carbocycles. The van der Waals surface area contributed by atoms with Gasteiger partial charge in [0.1, 0.15) is 0 Å². The summed E-state index contributed by atoms with van der Waals surface area (Å²) >= 11 is 0. The van der Waals surface area contributed by atoms with E-state index in [-0.39, 0.29) is 0 Å². The first-order chi connectivity index (χ1) is 6.83. The molecule has 1 N–H and O–H groups in total. The highest BCUT2D eigenvalue weighted by Gasteiger charge is 2.36. The highest BCUT2D eigenvalue weighted by Crippen LogP contribution is 2.38. The minimum absolute atomic E-state index is 0.647. The van der Waals surface area contributed by atoms with Crippen molar-refractivity contribution in [3.05, 3.63) is 0 Å². The third-order valence-corrected chi connectivity index (χ3v) is 4.15. The van der Waals surface area contributed by atoms with Crippen LogP contribution in [-0.4, -0.2) is 23.8 Å². The number of hydrogen-bond acceptors (Lipinski definition) is 1. The Labute approximate surface area is 86.2 Å². The average molecular weight is 192 g/mol. The highest BCUT2D eigenvalue weighted by molar-refractivity contribution is 5.83. The molecule has 3 fully saturated rings. The van der Waals surface area contributed by atoms with E-state index in [1.54, 1.807) is 0 Å². The molecule has 0 aromatic rings. The number of fused-ring (bicyclic) bond motifs is 2. The summed E-state index contributed by atoms with van der Waals surface area (Å²) < 4.78 is 0. The zero-order valence-electron chi connectivity index (χ0n) is 8.84. The van der Waals surface area contributed by atoms with Crippen molar-refractivity contribution in [1.29, 1.82) is 5.41 Å². The van der Waals surface area contributed by atoms with E-state index in [0.29, 0.717) is 5.92 Å². The average Bonchev–Trinajstić information content (AvgIpc) is 2.99. The molecule has 2 saturated carbocycles. The molecule has 0 spiro atoms. The first kappa shape index (κ1) is 8.75. The lowest BCUT2D eigenvalue weighted by Gasteiger charge is -2.42. The molecule has 0 aromatic heterocycles. The van der Waals surface area contributed by atoms with Gasteiger partial charge in [0, 0.05) is 19.0 Å². The van der Waals surface area contributed by atoms with Gasteiger partial charge in [-0.25, -0.2) is 0 Å². The van der Waals surface area contributed by atoms with Crippen LogP contribution in [0.15, 0.2) is 0 Å². The summed E-state index contributed by atoms with van der Waals surface area (Å²) in [5, 5.41) is 8.11. The monoisotopic (exact) mass is 192 g/mol. The number of hydrogen-bond donors (Lipinski definition) is 1. The number of likely N-dealkylation sites (tertiary alicyclic amines) is 1. The molecule has 2 heteroatoms. The topological polar surface area (TPSA) is 27.1 Å². The number of nitrogens with zero attached hydrogens (tertiary/aromatic N) is 1. The maximum Gasteiger partial charge on any atom is 0.0989 e. The van der Waals surface area contributed by atoms with Crippen molar-refractivity contribution in [2.45, 2.75) is 38.5 Å². The van der Waals surface area contributed by atoms with Crippen LogP contribution >= 0.6 is 0 Å². The third-order valence-electron chi connectivity index (χ3n) is 4.15. The van der Waals surface area contributed by atoms with Gasteiger partial charge in [0.2, 0.25) is 0 Å². The van der Waals surface area contributed by atoms with E-state index < -0.39 is 0 Å². The van der Waals surface area contributed by atoms with Crippen LogP contribution in [0, 0.1) is 23.2 Å². The lowest BCUT2D eigenvalue weighted by Crippen LogP contribution is -2.46. The lowest BCUT2D eigenvalue weighted by atomic mass is 9.78. The van der Waals surface area contributed by atoms with Crippen LogP contribution in [0.4, 0.5) is 0 Å². The molecule has 1 saturated heterocycles. The summed E-state index contributed by atoms with van der Waals surface area (Å²) in [5.74, 6) is 3.46. The second-order valence-electron chi connectivity index (χ2n) is 5.46. The van der Waals surface area contributed by atoms with Gasteiger partial charge in [-0.2, -0.15) is 0 Å². The van der Waals surface area contributed by atoms with E-state index in [1.807, 2.05) is 0 Å². The van der Waals surface area contributed by atoms with Crippen molar-refractivity contribution < 1.29 is 0 Å². The molecule has 2 bridgehead atoms. The normalized spacial score (nSPS) is 37.0. The van der Waals surface area contributed by atoms with E-state index in [2.05, 4.69) is 4.90 Å². The van der Waals surface area contributed by atoms with Gasteiger partial charge in [0.05, 0.1) is 5.84 Å². The summed E-state index contributed by atoms with van der Waals surface area (Å²) in [7, 11) is 0. The molecule has 2 atom stereocenters. The molecule has 2 unspecified atom stereocenters. The SMILES string of the molecule is N=C(C1CC1)N1CC2CCCC(C2)C1. The summed E-state index contributed by atoms with van der Waals surface area (Å²) in [6.07, 6.45) is 8.31. The molecule has 14 heavy (non-hydrogen) atoms. The van der Waals surface area contributed by atoms with Gasteiger partial charge in [0.25, 0.3) is 0 Å². The van der Waals surface area contributed by atoms with E-state index in [4.69, 9.17) is 5.41 Å². The van der Waals surface area contributed by atoms with Crippen LogP contribution in [0.25, 0.3) is 0 Å². The van der Waals surface area contributed by atoms with Crippen molar-refractivity contribution in [3.63, 3.8) is 0 Å². The molecular weight excluding hydrogens is 172 g/mol. The molecule has 0 radical (unpaired) electrons. The summed E-state index contributed by atoms with van der Waals surface area (Å²) in [4.78, 5) is 2.40. The molecule has 2 aliphatic carbocycles. The number of piperidine rings is 1. The first-order valence-corrected chi connectivity index (χ1v) is 6.16. The largest absolute Gasteiger partial charge is 0.360 e. The Hall–Kier alpha value is -0.530. The first-order valence-electron chi connectivity index (χ1n) is 6.16. The fraction of sp³-hybridized carbons (Fsp3) is 0.917. The van der Waals surface area contributed by atoms with Gasteiger partial charge < -0.3 is 4.90 Å². The number of nitrogens with one attached hydrogen (secondary N) is 1. The van der Waals surface area contributed by atoms with E-state index in [9.17, 15) is 0 Å². The number of amidine groups is 1. The molecule has 2 nitrogen and oxygen atoms in total. The highest BCUT2D eigenvalue weighted by atomic mass is 15.2. The molecule has 3 rings (SSSR count). The Morgan fingerprint density at radius 2 is 1.64 bits per heavy atom. The Morgan fingerprint density at radius 3 is 2.21 bits per heavy atom. The summed E-state index contributed by atoms with van der Waals surface area (Å²) in [5.41, 5.74) is 0. The fourth-order valence-electron chi connectivity index (χ4n) is 3.24. The van der Waals surface area contributed by atoms with E-state index in [1.165, 1.54) is 51.6 Å². The number of rotatable bonds is 1. The minimum Gasteiger partial charge on any atom is -0.360 e. The molecule has 3 aliphatic rings. The van der Waals surface area contributed by atoms with Crippen LogP contribution in [-0.2, 0) is 0 Å². The second kappa shape index (κ2) is 3.25. The van der Waals surface area contributed by atoms with Crippen molar-refractivity contribution >= 4 is 5.84 Å². The predicted octanol–water partition coefficient (Wildman–Crippen LogP) is 2.50. The van der Waals surface area contributed by atoms with Crippen LogP contribution in [0.3, 0.4) is 0 Å². The van der Waals surface area contributed by atoms with Crippen LogP contribution in [0.1, 0.15) is 38.5 Å². The lowest BCUT2D eigenvalue weighted by molar-refractivity contribution is 0.134. The van der Waals surface area contributed by atoms with Gasteiger partial charge in [-0.05, 0) is 43.9 Å². The van der Waals surface area contributed by atoms with Crippen molar-refractivity contribution in [2.24, 2.45) is 17.8 Å². The predicted molar refractivity (Wildman–Crippen MR) is 57.5 cm³/mol. The maximum absolute atomic E-state index is 8.11. The third kappa shape index (κ3) is 1.55. The Balaban J connectivity index is 1.66. The van der Waals surface area contributed by atoms with Crippen LogP contribution < -0.4 is 0 Å². The quantitative estimate of drug-likeness (QED) is 0.501. The Bertz CT molecular complexity index is 233. The van der Waals surface area contributed by atoms with Crippen molar-refractivity contribution in [2.75, 3.05) is 13.1 Å². The van der Waals surface area contributed by atoms with Gasteiger partial charge in [-0.3, -0.25) is 5.41 Å². The van der Waals surface area contributed by atoms with Gasteiger partial charge >= 0.3 is 0 Å². The Morgan fingerprint density at radius 1 is 1.00 bits per heavy atom. The standard InChI is InChI=1S/C12H20N2/c13-12(11-4-5-11)14-7-9-2-1-3-10(6-9)8-14/h9-11,13H,1-8H2. The van der Waals surface area contributed by atoms with Crippen molar-refractivity contribution in [3.8, 4) is 0 Å². The smallest absolute Gasteiger partial charge is 0.0989 e. The van der Waals surface area contributed by atoms with Crippen LogP contribution in [0.2, 0.25) is 0 Å². The summed E-state index contributed by atoms with van der Waals surface area (Å²) in [6, 6.07) is 0. The molecule has 1 aliphatic heterocycles. The van der Waals surface area contributed by atoms with Crippen LogP contribution in [0.5, 0.6) is 0 Å². The zero-order chi connectivity index (χ0) is 9.54. The van der Waals surface area contributed by atoms with Gasteiger partial charge in [-0.15, -0.1) is 0 Å². The minimum atomic E-state index is 0.647. The van der Waals surface area contributed by atoms with E-state index >= 15 is 0 Å². The van der Waals surface area contributed by atoms with E-state index in [0.717, 1.165) is 17.7 Å². The van der Waals surface area contributed by atoms with Gasteiger partial charge in [-0.1, -0.05) is 6.42 Å². The molecular formula is C12H20N2. The molecule has 0 amide bonds. The van der Waals surface area contributed by atoms with Crippen molar-refractivity contribution in [1.82, 2.24) is 4.90 Å². The Kier molecular flexibility index (Phi) is 2.03.